The number of nitrogens with two attached hydrogens (primary N) is 1. The van der Waals surface area contributed by atoms with Gasteiger partial charge in [0.05, 0.1) is 0 Å². The second-order valence-corrected chi connectivity index (χ2v) is 5.39. The van der Waals surface area contributed by atoms with Crippen LogP contribution in [0.15, 0.2) is 28.7 Å². The van der Waals surface area contributed by atoms with Gasteiger partial charge < -0.3 is 10.6 Å². The van der Waals surface area contributed by atoms with Crippen LogP contribution in [0, 0.1) is 0 Å². The minimum Gasteiger partial charge on any atom is -0.321 e. The second kappa shape index (κ2) is 4.24. The van der Waals surface area contributed by atoms with E-state index < -0.39 is 0 Å². The van der Waals surface area contributed by atoms with Gasteiger partial charge in [0.2, 0.25) is 0 Å². The van der Waals surface area contributed by atoms with Crippen molar-refractivity contribution in [2.75, 3.05) is 20.1 Å². The lowest BCUT2D eigenvalue weighted by Gasteiger charge is -2.38. The molecule has 15 heavy (non-hydrogen) atoms. The molecular formula is C12H17BrN2. The fourth-order valence-corrected chi connectivity index (χ4v) is 2.50. The first-order chi connectivity index (χ1) is 7.10. The standard InChI is InChI=1S/C12H17BrN2/c1-15-7-5-12(14,6-8-15)10-3-2-4-11(13)9-10/h2-4,9H,5-8,14H2,1H3. The highest BCUT2D eigenvalue weighted by molar-refractivity contribution is 9.10. The van der Waals surface area contributed by atoms with E-state index >= 15 is 0 Å². The number of rotatable bonds is 1. The molecule has 1 fully saturated rings. The molecule has 1 aromatic rings. The molecule has 82 valence electrons. The zero-order chi connectivity index (χ0) is 10.9. The number of halogens is 1. The number of hydrogen-bond acceptors (Lipinski definition) is 2. The summed E-state index contributed by atoms with van der Waals surface area (Å²) in [6, 6.07) is 8.38. The summed E-state index contributed by atoms with van der Waals surface area (Å²) in [5, 5.41) is 0. The van der Waals surface area contributed by atoms with Gasteiger partial charge >= 0.3 is 0 Å². The van der Waals surface area contributed by atoms with E-state index in [4.69, 9.17) is 5.73 Å². The topological polar surface area (TPSA) is 29.3 Å². The Kier molecular flexibility index (Phi) is 3.14. The zero-order valence-corrected chi connectivity index (χ0v) is 10.6. The molecule has 0 atom stereocenters. The zero-order valence-electron chi connectivity index (χ0n) is 9.04. The molecule has 0 bridgehead atoms. The van der Waals surface area contributed by atoms with Crippen molar-refractivity contribution in [2.45, 2.75) is 18.4 Å². The summed E-state index contributed by atoms with van der Waals surface area (Å²) in [4.78, 5) is 2.34. The van der Waals surface area contributed by atoms with E-state index in [2.05, 4.69) is 46.1 Å². The monoisotopic (exact) mass is 268 g/mol. The minimum atomic E-state index is -0.129. The molecule has 1 saturated heterocycles. The molecule has 1 aliphatic heterocycles. The van der Waals surface area contributed by atoms with Gasteiger partial charge in [-0.3, -0.25) is 0 Å². The van der Waals surface area contributed by atoms with Crippen molar-refractivity contribution >= 4 is 15.9 Å². The van der Waals surface area contributed by atoms with Crippen LogP contribution in [0.5, 0.6) is 0 Å². The normalized spacial score (nSPS) is 21.5. The van der Waals surface area contributed by atoms with Crippen LogP contribution in [0.3, 0.4) is 0 Å². The van der Waals surface area contributed by atoms with Crippen LogP contribution >= 0.6 is 15.9 Å². The van der Waals surface area contributed by atoms with Crippen LogP contribution in [0.2, 0.25) is 0 Å². The summed E-state index contributed by atoms with van der Waals surface area (Å²) in [6.07, 6.45) is 2.08. The summed E-state index contributed by atoms with van der Waals surface area (Å²) in [6.45, 7) is 2.17. The van der Waals surface area contributed by atoms with Crippen molar-refractivity contribution in [1.82, 2.24) is 4.90 Å². The Morgan fingerprint density at radius 1 is 1.33 bits per heavy atom. The van der Waals surface area contributed by atoms with Crippen LogP contribution in [-0.4, -0.2) is 25.0 Å². The molecule has 2 nitrogen and oxygen atoms in total. The van der Waals surface area contributed by atoms with E-state index in [1.54, 1.807) is 0 Å². The van der Waals surface area contributed by atoms with Crippen molar-refractivity contribution in [3.8, 4) is 0 Å². The molecule has 0 aromatic heterocycles. The fraction of sp³-hybridized carbons (Fsp3) is 0.500. The summed E-state index contributed by atoms with van der Waals surface area (Å²) in [5.74, 6) is 0. The third-order valence-electron chi connectivity index (χ3n) is 3.28. The van der Waals surface area contributed by atoms with Gasteiger partial charge in [0.1, 0.15) is 0 Å². The van der Waals surface area contributed by atoms with Gasteiger partial charge in [0, 0.05) is 10.0 Å². The van der Waals surface area contributed by atoms with Crippen molar-refractivity contribution in [3.05, 3.63) is 34.3 Å². The number of likely N-dealkylation sites (tertiary alicyclic amines) is 1. The molecular weight excluding hydrogens is 252 g/mol. The summed E-state index contributed by atoms with van der Waals surface area (Å²) in [5.41, 5.74) is 7.59. The van der Waals surface area contributed by atoms with Crippen LogP contribution in [0.25, 0.3) is 0 Å². The molecule has 2 N–H and O–H groups in total. The molecule has 1 heterocycles. The molecule has 0 unspecified atom stereocenters. The first kappa shape index (κ1) is 11.1. The lowest BCUT2D eigenvalue weighted by Crippen LogP contribution is -2.46. The quantitative estimate of drug-likeness (QED) is 0.847. The van der Waals surface area contributed by atoms with Crippen LogP contribution < -0.4 is 5.73 Å². The lowest BCUT2D eigenvalue weighted by atomic mass is 9.82. The Hall–Kier alpha value is -0.380. The van der Waals surface area contributed by atoms with Crippen LogP contribution in [0.1, 0.15) is 18.4 Å². The number of nitrogens with zero attached hydrogens (tertiary/aromatic N) is 1. The lowest BCUT2D eigenvalue weighted by molar-refractivity contribution is 0.191. The largest absolute Gasteiger partial charge is 0.321 e. The molecule has 1 aromatic carbocycles. The predicted octanol–water partition coefficient (Wildman–Crippen LogP) is 2.33. The van der Waals surface area contributed by atoms with Gasteiger partial charge in [-0.15, -0.1) is 0 Å². The Morgan fingerprint density at radius 2 is 2.00 bits per heavy atom. The summed E-state index contributed by atoms with van der Waals surface area (Å²) < 4.78 is 1.11. The van der Waals surface area contributed by atoms with E-state index in [-0.39, 0.29) is 5.54 Å². The van der Waals surface area contributed by atoms with Gasteiger partial charge in [-0.05, 0) is 50.7 Å². The first-order valence-electron chi connectivity index (χ1n) is 5.34. The number of hydrogen-bond donors (Lipinski definition) is 1. The Morgan fingerprint density at radius 3 is 2.60 bits per heavy atom. The Labute approximate surface area is 99.6 Å². The van der Waals surface area contributed by atoms with E-state index in [1.807, 2.05) is 6.07 Å². The molecule has 0 aliphatic carbocycles. The molecule has 0 radical (unpaired) electrons. The van der Waals surface area contributed by atoms with Crippen LogP contribution in [-0.2, 0) is 5.54 Å². The molecule has 3 heteroatoms. The molecule has 0 spiro atoms. The number of benzene rings is 1. The smallest absolute Gasteiger partial charge is 0.0434 e. The predicted molar refractivity (Wildman–Crippen MR) is 66.7 cm³/mol. The van der Waals surface area contributed by atoms with E-state index in [0.29, 0.717) is 0 Å². The van der Waals surface area contributed by atoms with Gasteiger partial charge in [-0.25, -0.2) is 0 Å². The van der Waals surface area contributed by atoms with Crippen molar-refractivity contribution in [3.63, 3.8) is 0 Å². The average Bonchev–Trinajstić information content (AvgIpc) is 2.23. The average molecular weight is 269 g/mol. The van der Waals surface area contributed by atoms with E-state index in [1.165, 1.54) is 5.56 Å². The van der Waals surface area contributed by atoms with E-state index in [0.717, 1.165) is 30.4 Å². The Balaban J connectivity index is 2.22. The third kappa shape index (κ3) is 2.41. The van der Waals surface area contributed by atoms with Gasteiger partial charge in [-0.1, -0.05) is 28.1 Å². The summed E-state index contributed by atoms with van der Waals surface area (Å²) >= 11 is 3.50. The summed E-state index contributed by atoms with van der Waals surface area (Å²) in [7, 11) is 2.15. The van der Waals surface area contributed by atoms with Crippen molar-refractivity contribution in [2.24, 2.45) is 5.73 Å². The molecule has 0 amide bonds. The molecule has 2 rings (SSSR count). The maximum absolute atomic E-state index is 6.46. The van der Waals surface area contributed by atoms with Crippen molar-refractivity contribution < 1.29 is 0 Å². The Bertz CT molecular complexity index is 343. The maximum Gasteiger partial charge on any atom is 0.0434 e. The third-order valence-corrected chi connectivity index (χ3v) is 3.77. The van der Waals surface area contributed by atoms with Gasteiger partial charge in [0.15, 0.2) is 0 Å². The van der Waals surface area contributed by atoms with Crippen molar-refractivity contribution in [1.29, 1.82) is 0 Å². The molecule has 1 aliphatic rings. The highest BCUT2D eigenvalue weighted by Gasteiger charge is 2.31. The van der Waals surface area contributed by atoms with Gasteiger partial charge in [-0.2, -0.15) is 0 Å². The number of piperidine rings is 1. The highest BCUT2D eigenvalue weighted by atomic mass is 79.9. The van der Waals surface area contributed by atoms with Crippen LogP contribution in [0.4, 0.5) is 0 Å². The minimum absolute atomic E-state index is 0.129. The SMILES string of the molecule is CN1CCC(N)(c2cccc(Br)c2)CC1. The second-order valence-electron chi connectivity index (χ2n) is 4.47. The highest BCUT2D eigenvalue weighted by Crippen LogP contribution is 2.31. The maximum atomic E-state index is 6.46. The fourth-order valence-electron chi connectivity index (χ4n) is 2.10. The molecule has 0 saturated carbocycles. The van der Waals surface area contributed by atoms with E-state index in [9.17, 15) is 0 Å². The van der Waals surface area contributed by atoms with Gasteiger partial charge in [0.25, 0.3) is 0 Å². The first-order valence-corrected chi connectivity index (χ1v) is 6.13.